The summed E-state index contributed by atoms with van der Waals surface area (Å²) >= 11 is 0. The van der Waals surface area contributed by atoms with E-state index in [0.29, 0.717) is 24.5 Å². The number of hydrogen-bond acceptors (Lipinski definition) is 4. The van der Waals surface area contributed by atoms with Crippen LogP contribution in [0.4, 0.5) is 0 Å². The van der Waals surface area contributed by atoms with Crippen LogP contribution in [0, 0.1) is 0 Å². The molecule has 106 valence electrons. The van der Waals surface area contributed by atoms with Gasteiger partial charge in [0.2, 0.25) is 0 Å². The Hall–Kier alpha value is -2.50. The summed E-state index contributed by atoms with van der Waals surface area (Å²) < 4.78 is 12.7. The number of benzene rings is 1. The minimum atomic E-state index is -0.999. The number of aromatic nitrogens is 2. The molecular formula is C14H16N2O4. The Morgan fingerprint density at radius 1 is 1.40 bits per heavy atom. The molecule has 1 aromatic carbocycles. The number of carboxylic acids is 1. The van der Waals surface area contributed by atoms with Gasteiger partial charge in [-0.3, -0.25) is 0 Å². The van der Waals surface area contributed by atoms with E-state index in [4.69, 9.17) is 14.6 Å². The van der Waals surface area contributed by atoms with E-state index in [1.165, 1.54) is 19.2 Å². The van der Waals surface area contributed by atoms with Crippen LogP contribution in [0.2, 0.25) is 0 Å². The van der Waals surface area contributed by atoms with E-state index in [9.17, 15) is 4.79 Å². The fourth-order valence-corrected chi connectivity index (χ4v) is 1.81. The van der Waals surface area contributed by atoms with Gasteiger partial charge >= 0.3 is 5.97 Å². The maximum atomic E-state index is 10.9. The minimum absolute atomic E-state index is 0.165. The fraction of sp³-hybridized carbons (Fsp3) is 0.286. The number of ether oxygens (including phenoxy) is 2. The van der Waals surface area contributed by atoms with E-state index in [0.717, 1.165) is 5.82 Å². The van der Waals surface area contributed by atoms with Gasteiger partial charge in [0.1, 0.15) is 5.82 Å². The summed E-state index contributed by atoms with van der Waals surface area (Å²) in [6, 6.07) is 4.52. The normalized spacial score (nSPS) is 10.3. The Morgan fingerprint density at radius 2 is 2.20 bits per heavy atom. The van der Waals surface area contributed by atoms with Crippen molar-refractivity contribution in [3.05, 3.63) is 42.0 Å². The molecule has 20 heavy (non-hydrogen) atoms. The lowest BCUT2D eigenvalue weighted by Gasteiger charge is -2.11. The maximum absolute atomic E-state index is 10.9. The smallest absolute Gasteiger partial charge is 0.335 e. The highest BCUT2D eigenvalue weighted by Crippen LogP contribution is 2.28. The second-order valence-electron chi connectivity index (χ2n) is 4.22. The van der Waals surface area contributed by atoms with Crippen LogP contribution in [0.25, 0.3) is 0 Å². The van der Waals surface area contributed by atoms with Crippen LogP contribution in [-0.4, -0.2) is 34.3 Å². The molecule has 1 heterocycles. The zero-order valence-corrected chi connectivity index (χ0v) is 11.4. The van der Waals surface area contributed by atoms with Crippen LogP contribution < -0.4 is 9.47 Å². The topological polar surface area (TPSA) is 73.6 Å². The van der Waals surface area contributed by atoms with E-state index in [1.54, 1.807) is 12.3 Å². The van der Waals surface area contributed by atoms with Gasteiger partial charge in [-0.1, -0.05) is 0 Å². The first-order chi connectivity index (χ1) is 9.61. The van der Waals surface area contributed by atoms with Gasteiger partial charge in [0.15, 0.2) is 11.5 Å². The molecular weight excluding hydrogens is 260 g/mol. The quantitative estimate of drug-likeness (QED) is 0.870. The summed E-state index contributed by atoms with van der Waals surface area (Å²) in [7, 11) is 3.43. The first-order valence-electron chi connectivity index (χ1n) is 6.12. The van der Waals surface area contributed by atoms with Crippen molar-refractivity contribution < 1.29 is 19.4 Å². The van der Waals surface area contributed by atoms with Crippen LogP contribution in [0.3, 0.4) is 0 Å². The van der Waals surface area contributed by atoms with E-state index in [1.807, 2.05) is 17.8 Å². The SMILES string of the molecule is COc1ccc(C(=O)O)cc1OCCc1nccn1C. The van der Waals surface area contributed by atoms with Crippen LogP contribution >= 0.6 is 0 Å². The molecule has 0 aliphatic rings. The highest BCUT2D eigenvalue weighted by Gasteiger charge is 2.10. The lowest BCUT2D eigenvalue weighted by molar-refractivity contribution is 0.0696. The van der Waals surface area contributed by atoms with Crippen molar-refractivity contribution in [1.29, 1.82) is 0 Å². The average molecular weight is 276 g/mol. The highest BCUT2D eigenvalue weighted by atomic mass is 16.5. The van der Waals surface area contributed by atoms with Gasteiger partial charge in [-0.2, -0.15) is 0 Å². The molecule has 1 N–H and O–H groups in total. The molecule has 0 aliphatic carbocycles. The van der Waals surface area contributed by atoms with Crippen molar-refractivity contribution >= 4 is 5.97 Å². The van der Waals surface area contributed by atoms with Gasteiger partial charge < -0.3 is 19.1 Å². The summed E-state index contributed by atoms with van der Waals surface area (Å²) in [5.41, 5.74) is 0.165. The predicted molar refractivity (Wildman–Crippen MR) is 72.4 cm³/mol. The summed E-state index contributed by atoms with van der Waals surface area (Å²) in [4.78, 5) is 15.1. The molecule has 0 fully saturated rings. The van der Waals surface area contributed by atoms with E-state index in [-0.39, 0.29) is 5.56 Å². The number of carboxylic acid groups (broad SMARTS) is 1. The Balaban J connectivity index is 2.06. The van der Waals surface area contributed by atoms with Crippen molar-refractivity contribution in [2.24, 2.45) is 7.05 Å². The number of hydrogen-bond donors (Lipinski definition) is 1. The Labute approximate surface area is 116 Å². The van der Waals surface area contributed by atoms with Gasteiger partial charge in [-0.05, 0) is 18.2 Å². The molecule has 0 atom stereocenters. The summed E-state index contributed by atoms with van der Waals surface area (Å²) in [6.07, 6.45) is 4.21. The third-order valence-electron chi connectivity index (χ3n) is 2.91. The van der Waals surface area contributed by atoms with E-state index < -0.39 is 5.97 Å². The maximum Gasteiger partial charge on any atom is 0.335 e. The predicted octanol–water partition coefficient (Wildman–Crippen LogP) is 1.75. The molecule has 0 saturated carbocycles. The van der Waals surface area contributed by atoms with E-state index >= 15 is 0 Å². The second kappa shape index (κ2) is 6.10. The molecule has 0 spiro atoms. The molecule has 6 nitrogen and oxygen atoms in total. The highest BCUT2D eigenvalue weighted by molar-refractivity contribution is 5.88. The minimum Gasteiger partial charge on any atom is -0.493 e. The molecule has 1 aromatic heterocycles. The van der Waals surface area contributed by atoms with Crippen LogP contribution in [0.5, 0.6) is 11.5 Å². The van der Waals surface area contributed by atoms with E-state index in [2.05, 4.69) is 4.98 Å². The molecule has 0 bridgehead atoms. The van der Waals surface area contributed by atoms with Gasteiger partial charge in [0, 0.05) is 25.9 Å². The van der Waals surface area contributed by atoms with Crippen molar-refractivity contribution in [1.82, 2.24) is 9.55 Å². The Morgan fingerprint density at radius 3 is 2.80 bits per heavy atom. The van der Waals surface area contributed by atoms with Crippen molar-refractivity contribution in [2.75, 3.05) is 13.7 Å². The zero-order chi connectivity index (χ0) is 14.5. The fourth-order valence-electron chi connectivity index (χ4n) is 1.81. The number of carbonyl (C=O) groups is 1. The number of methoxy groups -OCH3 is 1. The average Bonchev–Trinajstić information content (AvgIpc) is 2.84. The monoisotopic (exact) mass is 276 g/mol. The van der Waals surface area contributed by atoms with Crippen molar-refractivity contribution in [3.63, 3.8) is 0 Å². The Kier molecular flexibility index (Phi) is 4.24. The van der Waals surface area contributed by atoms with Crippen molar-refractivity contribution in [3.8, 4) is 11.5 Å². The number of aryl methyl sites for hydroxylation is 1. The molecule has 0 unspecified atom stereocenters. The number of rotatable bonds is 6. The molecule has 0 saturated heterocycles. The summed E-state index contributed by atoms with van der Waals surface area (Å²) in [5, 5.41) is 8.98. The van der Waals surface area contributed by atoms with Crippen molar-refractivity contribution in [2.45, 2.75) is 6.42 Å². The largest absolute Gasteiger partial charge is 0.493 e. The van der Waals surface area contributed by atoms with Gasteiger partial charge in [-0.25, -0.2) is 9.78 Å². The third kappa shape index (κ3) is 3.09. The third-order valence-corrected chi connectivity index (χ3v) is 2.91. The molecule has 6 heteroatoms. The first-order valence-corrected chi connectivity index (χ1v) is 6.12. The van der Waals surface area contributed by atoms with Crippen LogP contribution in [0.15, 0.2) is 30.6 Å². The summed E-state index contributed by atoms with van der Waals surface area (Å²) in [6.45, 7) is 0.393. The van der Waals surface area contributed by atoms with Gasteiger partial charge in [0.05, 0.1) is 19.3 Å². The standard InChI is InChI=1S/C14H16N2O4/c1-16-7-6-15-13(16)5-8-20-12-9-10(14(17)18)3-4-11(12)19-2/h3-4,6-7,9H,5,8H2,1-2H3,(H,17,18). The molecule has 0 amide bonds. The number of nitrogens with zero attached hydrogens (tertiary/aromatic N) is 2. The molecule has 0 aliphatic heterocycles. The molecule has 0 radical (unpaired) electrons. The second-order valence-corrected chi connectivity index (χ2v) is 4.22. The van der Waals surface area contributed by atoms with Gasteiger partial charge in [0.25, 0.3) is 0 Å². The van der Waals surface area contributed by atoms with Crippen LogP contribution in [-0.2, 0) is 13.5 Å². The Bertz CT molecular complexity index is 607. The molecule has 2 aromatic rings. The number of aromatic carboxylic acids is 1. The van der Waals surface area contributed by atoms with Crippen LogP contribution in [0.1, 0.15) is 16.2 Å². The lowest BCUT2D eigenvalue weighted by Crippen LogP contribution is -2.07. The molecule has 2 rings (SSSR count). The summed E-state index contributed by atoms with van der Waals surface area (Å²) in [5.74, 6) is 0.830. The first kappa shape index (κ1) is 13.9. The lowest BCUT2D eigenvalue weighted by atomic mass is 10.2. The number of imidazole rings is 1. The zero-order valence-electron chi connectivity index (χ0n) is 11.4. The van der Waals surface area contributed by atoms with Gasteiger partial charge in [-0.15, -0.1) is 0 Å².